The average molecular weight is 256 g/mol. The third kappa shape index (κ3) is 3.33. The molecule has 1 aliphatic carbocycles. The molecule has 1 amide bonds. The van der Waals surface area contributed by atoms with Gasteiger partial charge in [0.25, 0.3) is 5.91 Å². The smallest absolute Gasteiger partial charge is 0.269 e. The second-order valence-electron chi connectivity index (χ2n) is 4.79. The predicted molar refractivity (Wildman–Crippen MR) is 70.2 cm³/mol. The molecule has 1 aromatic heterocycles. The van der Waals surface area contributed by atoms with Crippen molar-refractivity contribution in [3.8, 4) is 0 Å². The number of nitrogens with one attached hydrogen (secondary N) is 1. The van der Waals surface area contributed by atoms with Crippen LogP contribution in [0.2, 0.25) is 0 Å². The lowest BCUT2D eigenvalue weighted by Crippen LogP contribution is -2.40. The minimum Gasteiger partial charge on any atom is -0.384 e. The van der Waals surface area contributed by atoms with Crippen LogP contribution in [-0.2, 0) is 0 Å². The van der Waals surface area contributed by atoms with Gasteiger partial charge in [0.05, 0.1) is 0 Å². The van der Waals surface area contributed by atoms with Gasteiger partial charge in [-0.15, -0.1) is 12.4 Å². The molecule has 5 heteroatoms. The maximum Gasteiger partial charge on any atom is 0.269 e. The van der Waals surface area contributed by atoms with Crippen molar-refractivity contribution in [2.45, 2.75) is 26.2 Å². The van der Waals surface area contributed by atoms with E-state index in [-0.39, 0.29) is 23.7 Å². The molecule has 0 saturated heterocycles. The Morgan fingerprint density at radius 1 is 1.53 bits per heavy atom. The van der Waals surface area contributed by atoms with E-state index in [1.807, 2.05) is 0 Å². The second-order valence-corrected chi connectivity index (χ2v) is 4.79. The molecule has 4 nitrogen and oxygen atoms in total. The number of hydrogen-bond acceptors (Lipinski definition) is 3. The maximum absolute atomic E-state index is 11.8. The zero-order valence-electron chi connectivity index (χ0n) is 9.90. The number of rotatable bonds is 3. The minimum atomic E-state index is -0.138. The molecule has 0 atom stereocenters. The average Bonchev–Trinajstić information content (AvgIpc) is 2.23. The van der Waals surface area contributed by atoms with Gasteiger partial charge in [0, 0.05) is 6.54 Å². The van der Waals surface area contributed by atoms with E-state index in [4.69, 9.17) is 5.73 Å². The molecule has 94 valence electrons. The number of anilines is 1. The van der Waals surface area contributed by atoms with E-state index in [1.165, 1.54) is 19.3 Å². The van der Waals surface area contributed by atoms with Crippen LogP contribution in [0.15, 0.2) is 18.2 Å². The monoisotopic (exact) mass is 255 g/mol. The van der Waals surface area contributed by atoms with Crippen LogP contribution >= 0.6 is 12.4 Å². The zero-order valence-corrected chi connectivity index (χ0v) is 10.7. The Morgan fingerprint density at radius 2 is 2.24 bits per heavy atom. The molecule has 1 heterocycles. The molecular formula is C12H18ClN3O. The molecule has 0 aromatic carbocycles. The first-order valence-corrected chi connectivity index (χ1v) is 5.60. The number of carbonyl (C=O) groups is 1. The van der Waals surface area contributed by atoms with Gasteiger partial charge in [-0.2, -0.15) is 0 Å². The van der Waals surface area contributed by atoms with Gasteiger partial charge in [0.1, 0.15) is 11.5 Å². The summed E-state index contributed by atoms with van der Waals surface area (Å²) in [6.07, 6.45) is 3.65. The second kappa shape index (κ2) is 5.36. The van der Waals surface area contributed by atoms with Crippen molar-refractivity contribution in [2.75, 3.05) is 12.3 Å². The fraction of sp³-hybridized carbons (Fsp3) is 0.500. The predicted octanol–water partition coefficient (Wildman–Crippen LogP) is 2.01. The Bertz CT molecular complexity index is 404. The van der Waals surface area contributed by atoms with E-state index < -0.39 is 0 Å². The molecular weight excluding hydrogens is 238 g/mol. The Labute approximate surface area is 107 Å². The summed E-state index contributed by atoms with van der Waals surface area (Å²) in [6, 6.07) is 5.08. The van der Waals surface area contributed by atoms with Crippen molar-refractivity contribution in [1.82, 2.24) is 10.3 Å². The minimum absolute atomic E-state index is 0. The zero-order chi connectivity index (χ0) is 11.6. The molecule has 2 rings (SSSR count). The number of halogens is 1. The summed E-state index contributed by atoms with van der Waals surface area (Å²) in [5.74, 6) is 0.239. The number of amides is 1. The van der Waals surface area contributed by atoms with Gasteiger partial charge in [0.15, 0.2) is 0 Å². The number of nitrogen functional groups attached to an aromatic ring is 1. The lowest BCUT2D eigenvalue weighted by Gasteiger charge is -2.38. The van der Waals surface area contributed by atoms with Gasteiger partial charge >= 0.3 is 0 Å². The summed E-state index contributed by atoms with van der Waals surface area (Å²) in [5.41, 5.74) is 6.20. The van der Waals surface area contributed by atoms with Gasteiger partial charge in [-0.3, -0.25) is 4.79 Å². The number of hydrogen-bond donors (Lipinski definition) is 2. The van der Waals surface area contributed by atoms with E-state index >= 15 is 0 Å². The van der Waals surface area contributed by atoms with Crippen molar-refractivity contribution in [3.63, 3.8) is 0 Å². The van der Waals surface area contributed by atoms with Crippen LogP contribution < -0.4 is 11.1 Å². The van der Waals surface area contributed by atoms with Crippen molar-refractivity contribution in [3.05, 3.63) is 23.9 Å². The fourth-order valence-corrected chi connectivity index (χ4v) is 1.92. The molecule has 0 bridgehead atoms. The Morgan fingerprint density at radius 3 is 2.76 bits per heavy atom. The van der Waals surface area contributed by atoms with Gasteiger partial charge in [-0.05, 0) is 30.4 Å². The lowest BCUT2D eigenvalue weighted by molar-refractivity contribution is 0.0886. The normalized spacial score (nSPS) is 16.5. The molecule has 0 aliphatic heterocycles. The highest BCUT2D eigenvalue weighted by molar-refractivity contribution is 5.92. The van der Waals surface area contributed by atoms with Gasteiger partial charge in [-0.1, -0.05) is 19.4 Å². The quantitative estimate of drug-likeness (QED) is 0.868. The molecule has 17 heavy (non-hydrogen) atoms. The molecule has 1 aromatic rings. The summed E-state index contributed by atoms with van der Waals surface area (Å²) >= 11 is 0. The highest BCUT2D eigenvalue weighted by Gasteiger charge is 2.31. The summed E-state index contributed by atoms with van der Waals surface area (Å²) < 4.78 is 0. The summed E-state index contributed by atoms with van der Waals surface area (Å²) in [6.45, 7) is 2.92. The van der Waals surface area contributed by atoms with Crippen LogP contribution in [0.1, 0.15) is 36.7 Å². The van der Waals surface area contributed by atoms with E-state index in [9.17, 15) is 4.79 Å². The third-order valence-corrected chi connectivity index (χ3v) is 3.24. The molecule has 0 spiro atoms. The van der Waals surface area contributed by atoms with Crippen molar-refractivity contribution in [2.24, 2.45) is 5.41 Å². The van der Waals surface area contributed by atoms with Crippen LogP contribution in [0.3, 0.4) is 0 Å². The van der Waals surface area contributed by atoms with Crippen LogP contribution in [0.25, 0.3) is 0 Å². The van der Waals surface area contributed by atoms with Gasteiger partial charge in [-0.25, -0.2) is 4.98 Å². The van der Waals surface area contributed by atoms with Crippen LogP contribution in [-0.4, -0.2) is 17.4 Å². The number of pyridine rings is 1. The van der Waals surface area contributed by atoms with Crippen LogP contribution in [0, 0.1) is 5.41 Å². The molecule has 0 radical (unpaired) electrons. The van der Waals surface area contributed by atoms with E-state index in [2.05, 4.69) is 17.2 Å². The Kier molecular flexibility index (Phi) is 4.34. The number of aromatic nitrogens is 1. The van der Waals surface area contributed by atoms with Crippen LogP contribution in [0.4, 0.5) is 5.82 Å². The van der Waals surface area contributed by atoms with Crippen LogP contribution in [0.5, 0.6) is 0 Å². The summed E-state index contributed by atoms with van der Waals surface area (Å²) in [7, 11) is 0. The molecule has 1 aliphatic rings. The molecule has 1 saturated carbocycles. The number of nitrogens with zero attached hydrogens (tertiary/aromatic N) is 1. The lowest BCUT2D eigenvalue weighted by atomic mass is 9.70. The Balaban J connectivity index is 0.00000144. The van der Waals surface area contributed by atoms with E-state index in [0.717, 1.165) is 6.54 Å². The number of nitrogens with two attached hydrogens (primary N) is 1. The molecule has 1 fully saturated rings. The largest absolute Gasteiger partial charge is 0.384 e. The topological polar surface area (TPSA) is 68.0 Å². The third-order valence-electron chi connectivity index (χ3n) is 3.24. The summed E-state index contributed by atoms with van der Waals surface area (Å²) in [5, 5.41) is 2.91. The van der Waals surface area contributed by atoms with E-state index in [0.29, 0.717) is 11.5 Å². The highest BCUT2D eigenvalue weighted by atomic mass is 35.5. The maximum atomic E-state index is 11.8. The number of carbonyl (C=O) groups excluding carboxylic acids is 1. The first-order chi connectivity index (χ1) is 7.59. The SMILES string of the molecule is CC1(CNC(=O)c2cccc(N)n2)CCC1.Cl. The van der Waals surface area contributed by atoms with Gasteiger partial charge < -0.3 is 11.1 Å². The molecule has 3 N–H and O–H groups in total. The Hall–Kier alpha value is -1.29. The van der Waals surface area contributed by atoms with Crippen molar-refractivity contribution < 1.29 is 4.79 Å². The first-order valence-electron chi connectivity index (χ1n) is 5.60. The standard InChI is InChI=1S/C12H17N3O.ClH/c1-12(6-3-7-12)8-14-11(16)9-4-2-5-10(13)15-9;/h2,4-5H,3,6-8H2,1H3,(H2,13,15)(H,14,16);1H. The first kappa shape index (κ1) is 13.8. The highest BCUT2D eigenvalue weighted by Crippen LogP contribution is 2.39. The van der Waals surface area contributed by atoms with Crippen molar-refractivity contribution >= 4 is 24.1 Å². The van der Waals surface area contributed by atoms with Gasteiger partial charge in [0.2, 0.25) is 0 Å². The fourth-order valence-electron chi connectivity index (χ4n) is 1.92. The molecule has 0 unspecified atom stereocenters. The van der Waals surface area contributed by atoms with E-state index in [1.54, 1.807) is 18.2 Å². The van der Waals surface area contributed by atoms with Crippen molar-refractivity contribution in [1.29, 1.82) is 0 Å². The summed E-state index contributed by atoms with van der Waals surface area (Å²) in [4.78, 5) is 15.7.